The van der Waals surface area contributed by atoms with E-state index in [1.165, 1.54) is 0 Å². The molecule has 1 saturated heterocycles. The van der Waals surface area contributed by atoms with Gasteiger partial charge in [-0.05, 0) is 50.4 Å². The van der Waals surface area contributed by atoms with Gasteiger partial charge in [0.15, 0.2) is 5.67 Å². The Morgan fingerprint density at radius 2 is 2.17 bits per heavy atom. The molecule has 2 N–H and O–H groups in total. The van der Waals surface area contributed by atoms with Crippen LogP contribution in [-0.4, -0.2) is 29.8 Å². The van der Waals surface area contributed by atoms with Gasteiger partial charge in [-0.1, -0.05) is 11.6 Å². The lowest BCUT2D eigenvalue weighted by Crippen LogP contribution is -2.37. The topological polar surface area (TPSA) is 45.2 Å². The van der Waals surface area contributed by atoms with Crippen LogP contribution >= 0.6 is 11.6 Å². The Labute approximate surface area is 111 Å². The van der Waals surface area contributed by atoms with E-state index in [1.54, 1.807) is 12.3 Å². The zero-order chi connectivity index (χ0) is 13.0. The van der Waals surface area contributed by atoms with Crippen LogP contribution in [0.1, 0.15) is 30.5 Å². The molecule has 1 aliphatic heterocycles. The summed E-state index contributed by atoms with van der Waals surface area (Å²) < 4.78 is 14.7. The van der Waals surface area contributed by atoms with E-state index in [-0.39, 0.29) is 6.61 Å². The van der Waals surface area contributed by atoms with E-state index in [0.29, 0.717) is 49.5 Å². The first-order valence-electron chi connectivity index (χ1n) is 6.31. The van der Waals surface area contributed by atoms with Gasteiger partial charge in [0.2, 0.25) is 0 Å². The number of hydrogen-bond acceptors (Lipinski definition) is 3. The van der Waals surface area contributed by atoms with Crippen molar-refractivity contribution in [1.29, 1.82) is 0 Å². The van der Waals surface area contributed by atoms with Crippen molar-refractivity contribution >= 4 is 11.6 Å². The van der Waals surface area contributed by atoms with E-state index in [9.17, 15) is 4.39 Å². The number of pyridine rings is 1. The van der Waals surface area contributed by atoms with Crippen molar-refractivity contribution in [2.24, 2.45) is 0 Å². The van der Waals surface area contributed by atoms with E-state index >= 15 is 0 Å². The van der Waals surface area contributed by atoms with E-state index in [1.807, 2.05) is 0 Å². The average molecular weight is 273 g/mol. The molecule has 0 saturated carbocycles. The second kappa shape index (κ2) is 5.95. The number of aromatic nitrogens is 1. The van der Waals surface area contributed by atoms with E-state index in [4.69, 9.17) is 16.7 Å². The molecular weight excluding hydrogens is 255 g/mol. The van der Waals surface area contributed by atoms with Crippen LogP contribution in [-0.2, 0) is 12.1 Å². The molecule has 0 amide bonds. The largest absolute Gasteiger partial charge is 0.396 e. The van der Waals surface area contributed by atoms with E-state index in [0.717, 1.165) is 5.56 Å². The first-order chi connectivity index (χ1) is 8.65. The van der Waals surface area contributed by atoms with Gasteiger partial charge in [-0.25, -0.2) is 4.39 Å². The summed E-state index contributed by atoms with van der Waals surface area (Å²) in [4.78, 5) is 4.21. The Balaban J connectivity index is 2.18. The molecule has 3 nitrogen and oxygen atoms in total. The zero-order valence-corrected chi connectivity index (χ0v) is 11.0. The molecule has 0 bridgehead atoms. The van der Waals surface area contributed by atoms with Gasteiger partial charge < -0.3 is 10.4 Å². The summed E-state index contributed by atoms with van der Waals surface area (Å²) in [6, 6.07) is 1.77. The highest BCUT2D eigenvalue weighted by molar-refractivity contribution is 6.31. The summed E-state index contributed by atoms with van der Waals surface area (Å²) in [5.41, 5.74) is -0.105. The molecule has 18 heavy (non-hydrogen) atoms. The summed E-state index contributed by atoms with van der Waals surface area (Å²) >= 11 is 6.15. The second-order valence-corrected chi connectivity index (χ2v) is 5.12. The van der Waals surface area contributed by atoms with Gasteiger partial charge in [-0.3, -0.25) is 4.98 Å². The first kappa shape index (κ1) is 13.7. The fourth-order valence-electron chi connectivity index (χ4n) is 2.29. The maximum Gasteiger partial charge on any atom is 0.156 e. The number of alkyl halides is 1. The van der Waals surface area contributed by atoms with Crippen molar-refractivity contribution in [3.63, 3.8) is 0 Å². The third-order valence-electron chi connectivity index (χ3n) is 3.34. The lowest BCUT2D eigenvalue weighted by Gasteiger charge is -2.30. The van der Waals surface area contributed by atoms with Crippen LogP contribution in [0.3, 0.4) is 0 Å². The number of aliphatic hydroxyl groups excluding tert-OH is 1. The number of piperidine rings is 1. The van der Waals surface area contributed by atoms with Gasteiger partial charge >= 0.3 is 0 Å². The minimum atomic E-state index is -1.40. The second-order valence-electron chi connectivity index (χ2n) is 4.72. The molecule has 0 radical (unpaired) electrons. The molecule has 100 valence electrons. The highest BCUT2D eigenvalue weighted by Crippen LogP contribution is 2.37. The minimum Gasteiger partial charge on any atom is -0.396 e. The number of aliphatic hydroxyl groups is 1. The Morgan fingerprint density at radius 3 is 2.78 bits per heavy atom. The van der Waals surface area contributed by atoms with E-state index < -0.39 is 5.67 Å². The highest BCUT2D eigenvalue weighted by atomic mass is 35.5. The van der Waals surface area contributed by atoms with Crippen molar-refractivity contribution in [2.45, 2.75) is 31.4 Å². The van der Waals surface area contributed by atoms with E-state index in [2.05, 4.69) is 10.3 Å². The van der Waals surface area contributed by atoms with Gasteiger partial charge in [-0.2, -0.15) is 0 Å². The van der Waals surface area contributed by atoms with Crippen LogP contribution in [0.5, 0.6) is 0 Å². The van der Waals surface area contributed by atoms with Gasteiger partial charge in [0.1, 0.15) is 0 Å². The van der Waals surface area contributed by atoms with Crippen LogP contribution < -0.4 is 5.32 Å². The van der Waals surface area contributed by atoms with Crippen LogP contribution in [0, 0.1) is 0 Å². The Hall–Kier alpha value is -0.710. The van der Waals surface area contributed by atoms with Gasteiger partial charge in [0.25, 0.3) is 0 Å². The number of aryl methyl sites for hydroxylation is 1. The molecule has 1 fully saturated rings. The number of rotatable bonds is 4. The fourth-order valence-corrected chi connectivity index (χ4v) is 2.65. The van der Waals surface area contributed by atoms with Crippen molar-refractivity contribution in [1.82, 2.24) is 10.3 Å². The lowest BCUT2D eigenvalue weighted by atomic mass is 9.90. The molecule has 1 aromatic heterocycles. The predicted octanol–water partition coefficient (Wildman–Crippen LogP) is 2.21. The Morgan fingerprint density at radius 1 is 1.44 bits per heavy atom. The smallest absolute Gasteiger partial charge is 0.156 e. The van der Waals surface area contributed by atoms with Gasteiger partial charge in [0.05, 0.1) is 10.7 Å². The monoisotopic (exact) mass is 272 g/mol. The third kappa shape index (κ3) is 2.99. The van der Waals surface area contributed by atoms with Gasteiger partial charge in [-0.15, -0.1) is 0 Å². The fraction of sp³-hybridized carbons (Fsp3) is 0.615. The zero-order valence-electron chi connectivity index (χ0n) is 10.3. The molecule has 0 spiro atoms. The number of nitrogens with zero attached hydrogens (tertiary/aromatic N) is 1. The van der Waals surface area contributed by atoms with Crippen molar-refractivity contribution in [2.75, 3.05) is 19.7 Å². The molecule has 2 rings (SSSR count). The molecule has 0 unspecified atom stereocenters. The highest BCUT2D eigenvalue weighted by Gasteiger charge is 2.36. The molecule has 1 aliphatic rings. The Kier molecular flexibility index (Phi) is 4.54. The standard InChI is InChI=1S/C13H18ClFN2O/c14-11-8-10(2-1-7-18)9-17-12(11)13(15)3-5-16-6-4-13/h8-9,16,18H,1-7H2. The molecule has 2 heterocycles. The summed E-state index contributed by atoms with van der Waals surface area (Å²) in [6.45, 7) is 1.44. The van der Waals surface area contributed by atoms with Crippen molar-refractivity contribution in [3.05, 3.63) is 28.5 Å². The van der Waals surface area contributed by atoms with Crippen molar-refractivity contribution < 1.29 is 9.50 Å². The molecule has 0 atom stereocenters. The summed E-state index contributed by atoms with van der Waals surface area (Å²) in [5.74, 6) is 0. The van der Waals surface area contributed by atoms with Crippen LogP contribution in [0.15, 0.2) is 12.3 Å². The quantitative estimate of drug-likeness (QED) is 0.883. The third-order valence-corrected chi connectivity index (χ3v) is 3.63. The summed E-state index contributed by atoms with van der Waals surface area (Å²) in [6.07, 6.45) is 3.87. The predicted molar refractivity (Wildman–Crippen MR) is 69.5 cm³/mol. The number of hydrogen-bond donors (Lipinski definition) is 2. The Bertz CT molecular complexity index is 408. The SMILES string of the molecule is OCCCc1cnc(C2(F)CCNCC2)c(Cl)c1. The molecule has 5 heteroatoms. The first-order valence-corrected chi connectivity index (χ1v) is 6.69. The minimum absolute atomic E-state index is 0.137. The summed E-state index contributed by atoms with van der Waals surface area (Å²) in [5, 5.41) is 12.3. The average Bonchev–Trinajstić information content (AvgIpc) is 2.37. The normalized spacial score (nSPS) is 18.8. The molecule has 0 aromatic carbocycles. The van der Waals surface area contributed by atoms with Crippen LogP contribution in [0.4, 0.5) is 4.39 Å². The molecular formula is C13H18ClFN2O. The maximum absolute atomic E-state index is 14.7. The van der Waals surface area contributed by atoms with Crippen molar-refractivity contribution in [3.8, 4) is 0 Å². The maximum atomic E-state index is 14.7. The molecule has 1 aromatic rings. The van der Waals surface area contributed by atoms with Gasteiger partial charge in [0, 0.05) is 12.8 Å². The molecule has 0 aliphatic carbocycles. The summed E-state index contributed by atoms with van der Waals surface area (Å²) in [7, 11) is 0. The number of nitrogens with one attached hydrogen (secondary N) is 1. The number of halogens is 2. The van der Waals surface area contributed by atoms with Crippen LogP contribution in [0.2, 0.25) is 5.02 Å². The lowest BCUT2D eigenvalue weighted by molar-refractivity contribution is 0.110. The van der Waals surface area contributed by atoms with Crippen LogP contribution in [0.25, 0.3) is 0 Å².